The number of ketones is 1. The molecule has 2 unspecified atom stereocenters. The number of aromatic nitrogens is 1. The second-order valence-electron chi connectivity index (χ2n) is 9.23. The highest BCUT2D eigenvalue weighted by molar-refractivity contribution is 7.22. The van der Waals surface area contributed by atoms with E-state index in [0.29, 0.717) is 40.1 Å². The molecule has 1 amide bonds. The van der Waals surface area contributed by atoms with Gasteiger partial charge in [0.05, 0.1) is 28.4 Å². The van der Waals surface area contributed by atoms with Crippen molar-refractivity contribution in [1.82, 2.24) is 4.98 Å². The summed E-state index contributed by atoms with van der Waals surface area (Å²) in [6.45, 7) is 4.32. The summed E-state index contributed by atoms with van der Waals surface area (Å²) >= 11 is 1.11. The van der Waals surface area contributed by atoms with Crippen LogP contribution in [-0.4, -0.2) is 34.5 Å². The molecule has 9 heteroatoms. The lowest BCUT2D eigenvalue weighted by Crippen LogP contribution is -2.29. The molecule has 2 atom stereocenters. The van der Waals surface area contributed by atoms with E-state index in [1.54, 1.807) is 42.5 Å². The molecule has 0 radical (unpaired) electrons. The Bertz CT molecular complexity index is 1630. The molecule has 1 saturated heterocycles. The van der Waals surface area contributed by atoms with Gasteiger partial charge in [0.15, 0.2) is 5.13 Å². The van der Waals surface area contributed by atoms with Crippen LogP contribution in [0.2, 0.25) is 0 Å². The Morgan fingerprint density at radius 3 is 2.71 bits per heavy atom. The molecule has 4 aromatic rings. The fourth-order valence-electron chi connectivity index (χ4n) is 4.97. The third-order valence-corrected chi connectivity index (χ3v) is 7.68. The molecule has 192 valence electrons. The number of anilines is 1. The van der Waals surface area contributed by atoms with Crippen molar-refractivity contribution in [1.29, 1.82) is 0 Å². The molecule has 3 heterocycles. The van der Waals surface area contributed by atoms with Crippen molar-refractivity contribution in [2.45, 2.75) is 32.4 Å². The number of rotatable bonds is 5. The molecule has 1 fully saturated rings. The van der Waals surface area contributed by atoms with Gasteiger partial charge in [0.25, 0.3) is 5.78 Å². The molecule has 2 aliphatic heterocycles. The molecule has 7 nitrogen and oxygen atoms in total. The smallest absolute Gasteiger partial charge is 0.301 e. The molecule has 1 N–H and O–H groups in total. The van der Waals surface area contributed by atoms with Crippen molar-refractivity contribution in [3.8, 4) is 11.5 Å². The largest absolute Gasteiger partial charge is 0.507 e. The van der Waals surface area contributed by atoms with E-state index in [4.69, 9.17) is 9.47 Å². The topological polar surface area (TPSA) is 89.0 Å². The number of halogens is 1. The number of carbonyl (C=O) groups is 2. The Morgan fingerprint density at radius 1 is 1.16 bits per heavy atom. The van der Waals surface area contributed by atoms with E-state index < -0.39 is 23.5 Å². The van der Waals surface area contributed by atoms with Gasteiger partial charge in [-0.15, -0.1) is 0 Å². The van der Waals surface area contributed by atoms with E-state index >= 15 is 0 Å². The number of ether oxygens (including phenoxy) is 2. The number of Topliss-reactive ketones (excluding diaryl/α,β-unsaturated/α-hetero) is 1. The van der Waals surface area contributed by atoms with E-state index in [0.717, 1.165) is 22.6 Å². The van der Waals surface area contributed by atoms with Gasteiger partial charge in [-0.05, 0) is 73.5 Å². The van der Waals surface area contributed by atoms with Crippen LogP contribution in [0.25, 0.3) is 16.0 Å². The van der Waals surface area contributed by atoms with Gasteiger partial charge < -0.3 is 14.6 Å². The highest BCUT2D eigenvalue weighted by atomic mass is 32.1. The van der Waals surface area contributed by atoms with Crippen LogP contribution in [0.1, 0.15) is 36.6 Å². The number of aliphatic hydroxyl groups excluding tert-OH is 1. The number of hydrogen-bond donors (Lipinski definition) is 1. The van der Waals surface area contributed by atoms with Crippen LogP contribution in [0, 0.1) is 5.82 Å². The number of carbonyl (C=O) groups excluding carboxylic acids is 2. The van der Waals surface area contributed by atoms with Crippen molar-refractivity contribution < 1.29 is 28.6 Å². The van der Waals surface area contributed by atoms with Gasteiger partial charge in [0.1, 0.15) is 29.2 Å². The molecule has 0 bridgehead atoms. The van der Waals surface area contributed by atoms with Crippen LogP contribution in [-0.2, 0) is 16.0 Å². The molecule has 3 aromatic carbocycles. The van der Waals surface area contributed by atoms with E-state index in [9.17, 15) is 19.1 Å². The summed E-state index contributed by atoms with van der Waals surface area (Å²) in [5.74, 6) is -0.970. The van der Waals surface area contributed by atoms with Crippen LogP contribution in [0.3, 0.4) is 0 Å². The molecule has 0 spiro atoms. The Kier molecular flexibility index (Phi) is 5.87. The quantitative estimate of drug-likeness (QED) is 0.200. The summed E-state index contributed by atoms with van der Waals surface area (Å²) in [4.78, 5) is 32.7. The monoisotopic (exact) mass is 530 g/mol. The van der Waals surface area contributed by atoms with E-state index in [-0.39, 0.29) is 22.6 Å². The SMILES string of the molecule is CCOc1ccc(C2/C(=C(/O)c3ccc4c(c3)CC(C)O4)C(=O)C(=O)N2c2nc3ccc(F)cc3s2)cc1. The first kappa shape index (κ1) is 24.1. The molecule has 0 aliphatic carbocycles. The minimum atomic E-state index is -0.945. The summed E-state index contributed by atoms with van der Waals surface area (Å²) < 4.78 is 25.7. The third kappa shape index (κ3) is 3.99. The highest BCUT2D eigenvalue weighted by Crippen LogP contribution is 2.45. The minimum Gasteiger partial charge on any atom is -0.507 e. The van der Waals surface area contributed by atoms with Crippen LogP contribution >= 0.6 is 11.3 Å². The first-order chi connectivity index (χ1) is 18.3. The average molecular weight is 531 g/mol. The normalized spacial score (nSPS) is 20.1. The predicted molar refractivity (Wildman–Crippen MR) is 142 cm³/mol. The second kappa shape index (κ2) is 9.25. The van der Waals surface area contributed by atoms with Gasteiger partial charge in [0.2, 0.25) is 0 Å². The Morgan fingerprint density at radius 2 is 1.95 bits per heavy atom. The van der Waals surface area contributed by atoms with Crippen molar-refractivity contribution >= 4 is 44.1 Å². The minimum absolute atomic E-state index is 0.0145. The Balaban J connectivity index is 1.51. The van der Waals surface area contributed by atoms with Crippen LogP contribution in [0.15, 0.2) is 66.2 Å². The van der Waals surface area contributed by atoms with Crippen molar-refractivity contribution in [3.63, 3.8) is 0 Å². The maximum Gasteiger partial charge on any atom is 0.301 e. The van der Waals surface area contributed by atoms with E-state index in [1.807, 2.05) is 13.8 Å². The summed E-state index contributed by atoms with van der Waals surface area (Å²) in [7, 11) is 0. The summed E-state index contributed by atoms with van der Waals surface area (Å²) in [6.07, 6.45) is 0.691. The zero-order chi connectivity index (χ0) is 26.6. The summed E-state index contributed by atoms with van der Waals surface area (Å²) in [5, 5.41) is 11.7. The van der Waals surface area contributed by atoms with Gasteiger partial charge in [-0.3, -0.25) is 14.5 Å². The standard InChI is InChI=1S/C29H23FN2O5S/c1-3-36-20-8-4-16(5-9-20)25-24(26(33)17-6-11-22-18(13-17)12-15(2)37-22)27(34)28(35)32(25)29-31-21-10-7-19(30)14-23(21)38-29/h4-11,13-15,25,33H,3,12H2,1-2H3/b26-24-. The van der Waals surface area contributed by atoms with Crippen molar-refractivity contribution in [3.05, 3.63) is 88.7 Å². The van der Waals surface area contributed by atoms with Gasteiger partial charge in [-0.1, -0.05) is 23.5 Å². The molecule has 1 aromatic heterocycles. The van der Waals surface area contributed by atoms with E-state index in [2.05, 4.69) is 4.98 Å². The predicted octanol–water partition coefficient (Wildman–Crippen LogP) is 5.78. The zero-order valence-corrected chi connectivity index (χ0v) is 21.4. The van der Waals surface area contributed by atoms with E-state index in [1.165, 1.54) is 23.1 Å². The van der Waals surface area contributed by atoms with Crippen molar-refractivity contribution in [2.24, 2.45) is 0 Å². The number of benzene rings is 3. The number of nitrogens with zero attached hydrogens (tertiary/aromatic N) is 2. The summed E-state index contributed by atoms with van der Waals surface area (Å²) in [6, 6.07) is 15.5. The second-order valence-corrected chi connectivity index (χ2v) is 10.2. The number of thiazole rings is 1. The lowest BCUT2D eigenvalue weighted by atomic mass is 9.94. The average Bonchev–Trinajstić information content (AvgIpc) is 3.56. The van der Waals surface area contributed by atoms with Crippen LogP contribution < -0.4 is 14.4 Å². The van der Waals surface area contributed by atoms with Gasteiger partial charge in [-0.25, -0.2) is 9.37 Å². The lowest BCUT2D eigenvalue weighted by molar-refractivity contribution is -0.132. The van der Waals surface area contributed by atoms with Crippen molar-refractivity contribution in [2.75, 3.05) is 11.5 Å². The van der Waals surface area contributed by atoms with Gasteiger partial charge in [0, 0.05) is 12.0 Å². The number of fused-ring (bicyclic) bond motifs is 2. The highest BCUT2D eigenvalue weighted by Gasteiger charge is 2.48. The number of amides is 1. The lowest BCUT2D eigenvalue weighted by Gasteiger charge is -2.23. The Labute approximate surface area is 221 Å². The molecular weight excluding hydrogens is 507 g/mol. The summed E-state index contributed by atoms with van der Waals surface area (Å²) in [5.41, 5.74) is 2.39. The maximum atomic E-state index is 13.9. The van der Waals surface area contributed by atoms with Crippen LogP contribution in [0.5, 0.6) is 11.5 Å². The van der Waals surface area contributed by atoms with Crippen LogP contribution in [0.4, 0.5) is 9.52 Å². The van der Waals surface area contributed by atoms with Gasteiger partial charge in [-0.2, -0.15) is 0 Å². The maximum absolute atomic E-state index is 13.9. The molecule has 6 rings (SSSR count). The fraction of sp³-hybridized carbons (Fsp3) is 0.207. The third-order valence-electron chi connectivity index (χ3n) is 6.67. The first-order valence-electron chi connectivity index (χ1n) is 12.2. The molecule has 2 aliphatic rings. The van der Waals surface area contributed by atoms with Gasteiger partial charge >= 0.3 is 5.91 Å². The number of hydrogen-bond acceptors (Lipinski definition) is 7. The zero-order valence-electron chi connectivity index (χ0n) is 20.6. The molecule has 38 heavy (non-hydrogen) atoms. The molecular formula is C29H23FN2O5S. The number of aliphatic hydroxyl groups is 1. The first-order valence-corrected chi connectivity index (χ1v) is 13.1. The Hall–Kier alpha value is -4.24. The molecule has 0 saturated carbocycles. The fourth-order valence-corrected chi connectivity index (χ4v) is 5.99.